The van der Waals surface area contributed by atoms with Gasteiger partial charge in [0.05, 0.1) is 16.6 Å². The van der Waals surface area contributed by atoms with Crippen molar-refractivity contribution in [2.24, 2.45) is 0 Å². The number of rotatable bonds is 5. The Labute approximate surface area is 325 Å². The lowest BCUT2D eigenvalue weighted by Gasteiger charge is -2.11. The van der Waals surface area contributed by atoms with Gasteiger partial charge in [0.25, 0.3) is 0 Å². The Morgan fingerprint density at radius 1 is 0.333 bits per heavy atom. The van der Waals surface area contributed by atoms with E-state index >= 15 is 0 Å². The van der Waals surface area contributed by atoms with Crippen LogP contribution in [0.25, 0.3) is 117 Å². The second kappa shape index (κ2) is 12.3. The van der Waals surface area contributed by atoms with Gasteiger partial charge in [-0.3, -0.25) is 0 Å². The van der Waals surface area contributed by atoms with E-state index in [1.165, 1.54) is 21.9 Å². The summed E-state index contributed by atoms with van der Waals surface area (Å²) in [4.78, 5) is 15.4. The third-order valence-corrected chi connectivity index (χ3v) is 11.1. The predicted molar refractivity (Wildman–Crippen MR) is 230 cm³/mol. The number of fused-ring (bicyclic) bond motifs is 9. The number of nitrogens with zero attached hydrogens (tertiary/aromatic N) is 4. The van der Waals surface area contributed by atoms with E-state index in [-0.39, 0.29) is 0 Å². The molecule has 6 heteroatoms. The summed E-state index contributed by atoms with van der Waals surface area (Å²) in [6.07, 6.45) is 0. The quantitative estimate of drug-likeness (QED) is 0.176. The second-order valence-corrected chi connectivity index (χ2v) is 14.4. The Morgan fingerprint density at radius 3 is 1.75 bits per heavy atom. The first-order chi connectivity index (χ1) is 28.2. The Balaban J connectivity index is 1.04. The zero-order valence-corrected chi connectivity index (χ0v) is 30.4. The molecule has 0 amide bonds. The molecule has 8 aromatic carbocycles. The van der Waals surface area contributed by atoms with Crippen molar-refractivity contribution in [1.82, 2.24) is 19.5 Å². The highest BCUT2D eigenvalue weighted by atomic mass is 16.3. The summed E-state index contributed by atoms with van der Waals surface area (Å²) in [7, 11) is 0. The molecule has 0 aliphatic rings. The molecule has 0 aliphatic carbocycles. The fourth-order valence-corrected chi connectivity index (χ4v) is 8.36. The van der Waals surface area contributed by atoms with Crippen molar-refractivity contribution in [2.45, 2.75) is 0 Å². The van der Waals surface area contributed by atoms with Gasteiger partial charge in [-0.1, -0.05) is 109 Å². The molecule has 12 aromatic rings. The van der Waals surface area contributed by atoms with Crippen LogP contribution in [0.2, 0.25) is 0 Å². The highest BCUT2D eigenvalue weighted by Crippen LogP contribution is 2.38. The van der Waals surface area contributed by atoms with Crippen LogP contribution in [0, 0.1) is 0 Å². The van der Waals surface area contributed by atoms with Gasteiger partial charge in [0.15, 0.2) is 17.5 Å². The van der Waals surface area contributed by atoms with E-state index in [1.54, 1.807) is 0 Å². The molecular weight excluding hydrogens is 701 g/mol. The van der Waals surface area contributed by atoms with Crippen LogP contribution < -0.4 is 0 Å². The molecule has 0 N–H and O–H groups in total. The van der Waals surface area contributed by atoms with Crippen LogP contribution in [0.4, 0.5) is 0 Å². The van der Waals surface area contributed by atoms with Crippen molar-refractivity contribution in [3.8, 4) is 51.0 Å². The Kier molecular flexibility index (Phi) is 6.83. The standard InChI is InChI=1S/C51H30N4O2/c1-2-11-31(12-3-1)33-23-27-37-36-13-4-7-18-43(36)55(44(37)30-33)35-25-21-32(22-26-35)49-52-50(34-24-28-47-42(29-34)39-15-6-8-19-45(39)56-47)54-51(53-49)41-17-10-16-40-38-14-5-9-20-46(38)57-48(40)41/h1-30H. The van der Waals surface area contributed by atoms with Crippen molar-refractivity contribution >= 4 is 65.7 Å². The molecule has 0 bridgehead atoms. The lowest BCUT2D eigenvalue weighted by molar-refractivity contribution is 0.669. The Hall–Kier alpha value is -7.83. The maximum absolute atomic E-state index is 6.47. The lowest BCUT2D eigenvalue weighted by atomic mass is 10.0. The van der Waals surface area contributed by atoms with Gasteiger partial charge < -0.3 is 13.4 Å². The number of aromatic nitrogens is 4. The molecule has 0 unspecified atom stereocenters. The van der Waals surface area contributed by atoms with Gasteiger partial charge in [-0.25, -0.2) is 15.0 Å². The van der Waals surface area contributed by atoms with Crippen LogP contribution in [0.3, 0.4) is 0 Å². The van der Waals surface area contributed by atoms with E-state index in [0.29, 0.717) is 17.5 Å². The summed E-state index contributed by atoms with van der Waals surface area (Å²) in [5.74, 6) is 1.67. The Morgan fingerprint density at radius 2 is 0.930 bits per heavy atom. The van der Waals surface area contributed by atoms with E-state index in [2.05, 4.69) is 126 Å². The molecule has 4 heterocycles. The largest absolute Gasteiger partial charge is 0.456 e. The highest BCUT2D eigenvalue weighted by molar-refractivity contribution is 6.11. The maximum atomic E-state index is 6.47. The molecule has 0 radical (unpaired) electrons. The van der Waals surface area contributed by atoms with E-state index in [4.69, 9.17) is 23.8 Å². The SMILES string of the molecule is c1ccc(-c2ccc3c4ccccc4n(-c4ccc(-c5nc(-c6ccc7oc8ccccc8c7c6)nc(-c6cccc7c6oc6ccccc67)n5)cc4)c3c2)cc1. The number of benzene rings is 8. The number of hydrogen-bond donors (Lipinski definition) is 0. The fourth-order valence-electron chi connectivity index (χ4n) is 8.36. The molecule has 266 valence electrons. The van der Waals surface area contributed by atoms with Crippen molar-refractivity contribution in [3.05, 3.63) is 182 Å². The maximum Gasteiger partial charge on any atom is 0.167 e. The van der Waals surface area contributed by atoms with Crippen LogP contribution in [-0.4, -0.2) is 19.5 Å². The zero-order valence-electron chi connectivity index (χ0n) is 30.4. The predicted octanol–water partition coefficient (Wildman–Crippen LogP) is 13.4. The van der Waals surface area contributed by atoms with Crippen molar-refractivity contribution < 1.29 is 8.83 Å². The minimum atomic E-state index is 0.539. The van der Waals surface area contributed by atoms with Gasteiger partial charge >= 0.3 is 0 Å². The molecule has 0 atom stereocenters. The lowest BCUT2D eigenvalue weighted by Crippen LogP contribution is -2.01. The molecule has 0 fully saturated rings. The summed E-state index contributed by atoms with van der Waals surface area (Å²) >= 11 is 0. The molecule has 12 rings (SSSR count). The first-order valence-electron chi connectivity index (χ1n) is 19.0. The van der Waals surface area contributed by atoms with E-state index in [0.717, 1.165) is 77.3 Å². The molecule has 0 saturated carbocycles. The normalized spacial score (nSPS) is 11.9. The summed E-state index contributed by atoms with van der Waals surface area (Å²) in [5.41, 5.74) is 11.5. The van der Waals surface area contributed by atoms with Gasteiger partial charge in [-0.05, 0) is 83.9 Å². The van der Waals surface area contributed by atoms with Gasteiger partial charge in [0, 0.05) is 49.1 Å². The fraction of sp³-hybridized carbons (Fsp3) is 0. The van der Waals surface area contributed by atoms with Gasteiger partial charge in [-0.2, -0.15) is 0 Å². The second-order valence-electron chi connectivity index (χ2n) is 14.4. The van der Waals surface area contributed by atoms with Crippen LogP contribution in [0.1, 0.15) is 0 Å². The van der Waals surface area contributed by atoms with E-state index in [9.17, 15) is 0 Å². The third kappa shape index (κ3) is 5.01. The summed E-state index contributed by atoms with van der Waals surface area (Å²) in [6, 6.07) is 62.9. The van der Waals surface area contributed by atoms with Crippen LogP contribution in [0.5, 0.6) is 0 Å². The first-order valence-corrected chi connectivity index (χ1v) is 19.0. The first kappa shape index (κ1) is 31.5. The summed E-state index contributed by atoms with van der Waals surface area (Å²) in [5, 5.41) is 6.55. The van der Waals surface area contributed by atoms with Crippen LogP contribution >= 0.6 is 0 Å². The average Bonchev–Trinajstić information content (AvgIpc) is 3.96. The smallest absolute Gasteiger partial charge is 0.167 e. The highest BCUT2D eigenvalue weighted by Gasteiger charge is 2.19. The molecule has 4 aromatic heterocycles. The van der Waals surface area contributed by atoms with Gasteiger partial charge in [0.1, 0.15) is 22.3 Å². The molecular formula is C51H30N4O2. The third-order valence-electron chi connectivity index (χ3n) is 11.1. The molecule has 6 nitrogen and oxygen atoms in total. The van der Waals surface area contributed by atoms with Crippen molar-refractivity contribution in [2.75, 3.05) is 0 Å². The summed E-state index contributed by atoms with van der Waals surface area (Å²) < 4.78 is 15.0. The Bertz CT molecular complexity index is 3520. The molecule has 0 aliphatic heterocycles. The monoisotopic (exact) mass is 730 g/mol. The van der Waals surface area contributed by atoms with Gasteiger partial charge in [0.2, 0.25) is 0 Å². The minimum absolute atomic E-state index is 0.539. The number of furan rings is 2. The molecule has 0 spiro atoms. The van der Waals surface area contributed by atoms with E-state index < -0.39 is 0 Å². The molecule has 57 heavy (non-hydrogen) atoms. The molecule has 0 saturated heterocycles. The number of para-hydroxylation sites is 4. The average molecular weight is 731 g/mol. The van der Waals surface area contributed by atoms with E-state index in [1.807, 2.05) is 60.7 Å². The number of hydrogen-bond acceptors (Lipinski definition) is 5. The zero-order chi connectivity index (χ0) is 37.5. The summed E-state index contributed by atoms with van der Waals surface area (Å²) in [6.45, 7) is 0. The van der Waals surface area contributed by atoms with Crippen LogP contribution in [-0.2, 0) is 0 Å². The van der Waals surface area contributed by atoms with Crippen LogP contribution in [0.15, 0.2) is 191 Å². The topological polar surface area (TPSA) is 69.9 Å². The minimum Gasteiger partial charge on any atom is -0.456 e. The van der Waals surface area contributed by atoms with Gasteiger partial charge in [-0.15, -0.1) is 0 Å². The van der Waals surface area contributed by atoms with Crippen molar-refractivity contribution in [3.63, 3.8) is 0 Å². The van der Waals surface area contributed by atoms with Crippen molar-refractivity contribution in [1.29, 1.82) is 0 Å².